The SMILES string of the molecule is COc1cccc(NC(=O)C(=O)c2c[nH]c3ccccc23)c1. The van der Waals surface area contributed by atoms with Crippen LogP contribution in [0.1, 0.15) is 10.4 Å². The van der Waals surface area contributed by atoms with Gasteiger partial charge in [-0.25, -0.2) is 0 Å². The fourth-order valence-corrected chi connectivity index (χ4v) is 2.27. The third-order valence-electron chi connectivity index (χ3n) is 3.37. The van der Waals surface area contributed by atoms with Gasteiger partial charge in [0.25, 0.3) is 11.7 Å². The van der Waals surface area contributed by atoms with Crippen molar-refractivity contribution in [3.63, 3.8) is 0 Å². The highest BCUT2D eigenvalue weighted by atomic mass is 16.5. The minimum Gasteiger partial charge on any atom is -0.497 e. The molecule has 0 bridgehead atoms. The van der Waals surface area contributed by atoms with Gasteiger partial charge in [0.15, 0.2) is 0 Å². The topological polar surface area (TPSA) is 71.2 Å². The van der Waals surface area contributed by atoms with Gasteiger partial charge in [0.2, 0.25) is 0 Å². The van der Waals surface area contributed by atoms with Gasteiger partial charge in [0.05, 0.1) is 12.7 Å². The average molecular weight is 294 g/mol. The summed E-state index contributed by atoms with van der Waals surface area (Å²) in [6.45, 7) is 0. The Bertz CT molecular complexity index is 852. The Morgan fingerprint density at radius 1 is 1.09 bits per heavy atom. The number of benzene rings is 2. The molecule has 0 atom stereocenters. The van der Waals surface area contributed by atoms with Crippen molar-refractivity contribution < 1.29 is 14.3 Å². The molecule has 0 fully saturated rings. The van der Waals surface area contributed by atoms with Gasteiger partial charge in [-0.2, -0.15) is 0 Å². The lowest BCUT2D eigenvalue weighted by molar-refractivity contribution is -0.112. The van der Waals surface area contributed by atoms with Crippen molar-refractivity contribution in [1.82, 2.24) is 4.98 Å². The maximum atomic E-state index is 12.3. The number of rotatable bonds is 4. The highest BCUT2D eigenvalue weighted by Gasteiger charge is 2.19. The van der Waals surface area contributed by atoms with Crippen LogP contribution in [0, 0.1) is 0 Å². The summed E-state index contributed by atoms with van der Waals surface area (Å²) in [7, 11) is 1.54. The Labute approximate surface area is 126 Å². The third kappa shape index (κ3) is 2.56. The zero-order valence-corrected chi connectivity index (χ0v) is 11.9. The lowest BCUT2D eigenvalue weighted by Crippen LogP contribution is -2.22. The molecule has 2 aromatic carbocycles. The lowest BCUT2D eigenvalue weighted by Gasteiger charge is -2.06. The number of para-hydroxylation sites is 1. The number of fused-ring (bicyclic) bond motifs is 1. The molecular formula is C17H14N2O3. The Morgan fingerprint density at radius 2 is 1.91 bits per heavy atom. The number of methoxy groups -OCH3 is 1. The van der Waals surface area contributed by atoms with Crippen molar-refractivity contribution in [1.29, 1.82) is 0 Å². The smallest absolute Gasteiger partial charge is 0.296 e. The number of carbonyl (C=O) groups excluding carboxylic acids is 2. The molecule has 0 spiro atoms. The molecule has 3 rings (SSSR count). The van der Waals surface area contributed by atoms with E-state index in [2.05, 4.69) is 10.3 Å². The molecule has 3 aromatic rings. The third-order valence-corrected chi connectivity index (χ3v) is 3.37. The maximum absolute atomic E-state index is 12.3. The van der Waals surface area contributed by atoms with Crippen LogP contribution in [0.5, 0.6) is 5.75 Å². The molecule has 0 aliphatic carbocycles. The number of ketones is 1. The zero-order valence-electron chi connectivity index (χ0n) is 11.9. The molecule has 0 unspecified atom stereocenters. The molecule has 5 heteroatoms. The van der Waals surface area contributed by atoms with E-state index >= 15 is 0 Å². The molecule has 0 radical (unpaired) electrons. The van der Waals surface area contributed by atoms with Crippen LogP contribution in [0.2, 0.25) is 0 Å². The first-order chi connectivity index (χ1) is 10.7. The van der Waals surface area contributed by atoms with E-state index in [1.165, 1.54) is 7.11 Å². The number of nitrogens with one attached hydrogen (secondary N) is 2. The molecule has 22 heavy (non-hydrogen) atoms. The minimum atomic E-state index is -0.682. The molecule has 1 heterocycles. The monoisotopic (exact) mass is 294 g/mol. The summed E-state index contributed by atoms with van der Waals surface area (Å²) in [4.78, 5) is 27.4. The number of Topliss-reactive ketones (excluding diaryl/α,β-unsaturated/α-hetero) is 1. The first-order valence-corrected chi connectivity index (χ1v) is 6.75. The Kier molecular flexibility index (Phi) is 3.62. The van der Waals surface area contributed by atoms with Gasteiger partial charge in [0, 0.05) is 28.9 Å². The first kappa shape index (κ1) is 13.9. The van der Waals surface area contributed by atoms with Gasteiger partial charge in [-0.05, 0) is 18.2 Å². The summed E-state index contributed by atoms with van der Waals surface area (Å²) in [5.74, 6) is -0.657. The molecule has 0 saturated carbocycles. The second-order valence-corrected chi connectivity index (χ2v) is 4.76. The Morgan fingerprint density at radius 3 is 2.73 bits per heavy atom. The van der Waals surface area contributed by atoms with E-state index < -0.39 is 11.7 Å². The highest BCUT2D eigenvalue weighted by Crippen LogP contribution is 2.20. The van der Waals surface area contributed by atoms with E-state index in [0.29, 0.717) is 17.0 Å². The van der Waals surface area contributed by atoms with Crippen LogP contribution in [0.25, 0.3) is 10.9 Å². The zero-order chi connectivity index (χ0) is 15.5. The summed E-state index contributed by atoms with van der Waals surface area (Å²) in [6.07, 6.45) is 1.55. The molecule has 0 aliphatic heterocycles. The molecule has 110 valence electrons. The fraction of sp³-hybridized carbons (Fsp3) is 0.0588. The highest BCUT2D eigenvalue weighted by molar-refractivity contribution is 6.48. The van der Waals surface area contributed by atoms with E-state index in [-0.39, 0.29) is 0 Å². The predicted octanol–water partition coefficient (Wildman–Crippen LogP) is 3.00. The lowest BCUT2D eigenvalue weighted by atomic mass is 10.1. The number of ether oxygens (including phenoxy) is 1. The number of amides is 1. The minimum absolute atomic E-state index is 0.357. The Balaban J connectivity index is 1.84. The first-order valence-electron chi connectivity index (χ1n) is 6.75. The van der Waals surface area contributed by atoms with Crippen molar-refractivity contribution in [2.45, 2.75) is 0 Å². The number of anilines is 1. The van der Waals surface area contributed by atoms with Gasteiger partial charge in [-0.15, -0.1) is 0 Å². The largest absolute Gasteiger partial charge is 0.497 e. The van der Waals surface area contributed by atoms with Gasteiger partial charge >= 0.3 is 0 Å². The number of hydrogen-bond donors (Lipinski definition) is 2. The summed E-state index contributed by atoms with van der Waals surface area (Å²) in [5.41, 5.74) is 1.69. The maximum Gasteiger partial charge on any atom is 0.296 e. The number of aromatic nitrogens is 1. The van der Waals surface area contributed by atoms with Crippen molar-refractivity contribution in [2.24, 2.45) is 0 Å². The van der Waals surface area contributed by atoms with Crippen molar-refractivity contribution in [2.75, 3.05) is 12.4 Å². The van der Waals surface area contributed by atoms with Crippen LogP contribution >= 0.6 is 0 Å². The van der Waals surface area contributed by atoms with Crippen LogP contribution in [0.4, 0.5) is 5.69 Å². The number of hydrogen-bond acceptors (Lipinski definition) is 3. The van der Waals surface area contributed by atoms with E-state index in [0.717, 1.165) is 10.9 Å². The predicted molar refractivity (Wildman–Crippen MR) is 84.3 cm³/mol. The molecule has 0 saturated heterocycles. The van der Waals surface area contributed by atoms with Crippen molar-refractivity contribution in [3.05, 3.63) is 60.3 Å². The van der Waals surface area contributed by atoms with E-state index in [9.17, 15) is 9.59 Å². The van der Waals surface area contributed by atoms with Crippen LogP contribution in [0.15, 0.2) is 54.7 Å². The average Bonchev–Trinajstić information content (AvgIpc) is 2.98. The molecule has 0 aliphatic rings. The van der Waals surface area contributed by atoms with E-state index in [1.807, 2.05) is 18.2 Å². The number of carbonyl (C=O) groups is 2. The quantitative estimate of drug-likeness (QED) is 0.574. The Hall–Kier alpha value is -3.08. The van der Waals surface area contributed by atoms with Gasteiger partial charge in [-0.3, -0.25) is 9.59 Å². The molecule has 2 N–H and O–H groups in total. The van der Waals surface area contributed by atoms with E-state index in [4.69, 9.17) is 4.74 Å². The number of H-pyrrole nitrogens is 1. The van der Waals surface area contributed by atoms with Crippen LogP contribution in [-0.2, 0) is 4.79 Å². The van der Waals surface area contributed by atoms with Gasteiger partial charge in [-0.1, -0.05) is 24.3 Å². The summed E-state index contributed by atoms with van der Waals surface area (Å²) < 4.78 is 5.09. The molecule has 1 amide bonds. The molecule has 5 nitrogen and oxygen atoms in total. The summed E-state index contributed by atoms with van der Waals surface area (Å²) in [5, 5.41) is 3.32. The fourth-order valence-electron chi connectivity index (χ4n) is 2.27. The molecular weight excluding hydrogens is 280 g/mol. The standard InChI is InChI=1S/C17H14N2O3/c1-22-12-6-4-5-11(9-12)19-17(21)16(20)14-10-18-15-8-3-2-7-13(14)15/h2-10,18H,1H3,(H,19,21). The van der Waals surface area contributed by atoms with Crippen LogP contribution in [-0.4, -0.2) is 23.8 Å². The van der Waals surface area contributed by atoms with Crippen molar-refractivity contribution >= 4 is 28.3 Å². The summed E-state index contributed by atoms with van der Waals surface area (Å²) in [6, 6.07) is 14.2. The molecule has 1 aromatic heterocycles. The van der Waals surface area contributed by atoms with Gasteiger partial charge < -0.3 is 15.0 Å². The normalized spacial score (nSPS) is 10.4. The number of aromatic amines is 1. The van der Waals surface area contributed by atoms with Crippen LogP contribution in [0.3, 0.4) is 0 Å². The second kappa shape index (κ2) is 5.73. The van der Waals surface area contributed by atoms with Gasteiger partial charge in [0.1, 0.15) is 5.75 Å². The van der Waals surface area contributed by atoms with E-state index in [1.54, 1.807) is 36.5 Å². The van der Waals surface area contributed by atoms with Crippen molar-refractivity contribution in [3.8, 4) is 5.75 Å². The van der Waals surface area contributed by atoms with Crippen LogP contribution < -0.4 is 10.1 Å². The second-order valence-electron chi connectivity index (χ2n) is 4.76. The summed E-state index contributed by atoms with van der Waals surface area (Å²) >= 11 is 0.